The number of halogens is 2. The van der Waals surface area contributed by atoms with E-state index in [0.717, 1.165) is 31.7 Å². The van der Waals surface area contributed by atoms with Gasteiger partial charge in [0.2, 0.25) is 11.8 Å². The van der Waals surface area contributed by atoms with Crippen LogP contribution in [0.15, 0.2) is 86.6 Å². The normalized spacial score (nSPS) is 11.9. The van der Waals surface area contributed by atoms with Crippen molar-refractivity contribution in [3.63, 3.8) is 0 Å². The van der Waals surface area contributed by atoms with E-state index in [1.54, 1.807) is 43.3 Å². The third kappa shape index (κ3) is 9.05. The molecular weight excluding hydrogens is 674 g/mol. The second kappa shape index (κ2) is 15.4. The summed E-state index contributed by atoms with van der Waals surface area (Å²) in [5, 5.41) is 2.89. The zero-order valence-electron chi connectivity index (χ0n) is 23.3. The number of rotatable bonds is 14. The van der Waals surface area contributed by atoms with Crippen molar-refractivity contribution in [3.8, 4) is 5.75 Å². The van der Waals surface area contributed by atoms with Crippen molar-refractivity contribution < 1.29 is 22.7 Å². The standard InChI is InChI=1S/C30H35Br2N3O5S/c1-4-6-19-33-30(37)22(3)34(20-23-7-9-24(31)10-8-23)29(36)21-35(26-13-15-27(16-14-26)40-5-2)41(38,39)28-17-11-25(32)12-18-28/h7-18,22H,4-6,19-21H2,1-3H3,(H,33,37)/t22-/m1/s1. The number of amides is 2. The fraction of sp³-hybridized carbons (Fsp3) is 0.333. The predicted molar refractivity (Wildman–Crippen MR) is 168 cm³/mol. The van der Waals surface area contributed by atoms with Gasteiger partial charge in [-0.25, -0.2) is 8.42 Å². The molecule has 3 rings (SSSR count). The Kier molecular flexibility index (Phi) is 12.2. The maximum Gasteiger partial charge on any atom is 0.264 e. The highest BCUT2D eigenvalue weighted by Crippen LogP contribution is 2.27. The maximum atomic E-state index is 14.0. The minimum absolute atomic E-state index is 0.0344. The topological polar surface area (TPSA) is 96.0 Å². The Hall–Kier alpha value is -2.89. The summed E-state index contributed by atoms with van der Waals surface area (Å²) in [4.78, 5) is 28.5. The van der Waals surface area contributed by atoms with Crippen LogP contribution in [0.2, 0.25) is 0 Å². The lowest BCUT2D eigenvalue weighted by atomic mass is 10.1. The van der Waals surface area contributed by atoms with Crippen LogP contribution in [-0.2, 0) is 26.2 Å². The Bertz CT molecular complexity index is 1400. The molecule has 0 saturated carbocycles. The second-order valence-corrected chi connectivity index (χ2v) is 13.1. The maximum absolute atomic E-state index is 14.0. The predicted octanol–water partition coefficient (Wildman–Crippen LogP) is 6.14. The summed E-state index contributed by atoms with van der Waals surface area (Å²) in [6.45, 7) is 6.12. The molecule has 0 aliphatic heterocycles. The van der Waals surface area contributed by atoms with E-state index in [9.17, 15) is 18.0 Å². The molecule has 11 heteroatoms. The SMILES string of the molecule is CCCCNC(=O)[C@@H](C)N(Cc1ccc(Br)cc1)C(=O)CN(c1ccc(OCC)cc1)S(=O)(=O)c1ccc(Br)cc1. The first kappa shape index (κ1) is 32.6. The van der Waals surface area contributed by atoms with Crippen LogP contribution in [0, 0.1) is 0 Å². The summed E-state index contributed by atoms with van der Waals surface area (Å²) in [5.41, 5.74) is 1.10. The fourth-order valence-corrected chi connectivity index (χ4v) is 5.99. The van der Waals surface area contributed by atoms with Crippen molar-refractivity contribution in [1.29, 1.82) is 0 Å². The van der Waals surface area contributed by atoms with E-state index >= 15 is 0 Å². The van der Waals surface area contributed by atoms with Gasteiger partial charge in [-0.2, -0.15) is 0 Å². The first-order valence-corrected chi connectivity index (χ1v) is 16.4. The van der Waals surface area contributed by atoms with E-state index in [2.05, 4.69) is 37.2 Å². The molecule has 3 aromatic carbocycles. The van der Waals surface area contributed by atoms with Crippen LogP contribution in [0.25, 0.3) is 0 Å². The third-order valence-electron chi connectivity index (χ3n) is 6.38. The van der Waals surface area contributed by atoms with Gasteiger partial charge in [0, 0.05) is 22.0 Å². The average Bonchev–Trinajstić information content (AvgIpc) is 2.96. The Morgan fingerprint density at radius 1 is 0.902 bits per heavy atom. The zero-order chi connectivity index (χ0) is 30.0. The van der Waals surface area contributed by atoms with Crippen LogP contribution >= 0.6 is 31.9 Å². The van der Waals surface area contributed by atoms with Crippen LogP contribution in [0.5, 0.6) is 5.75 Å². The molecule has 0 aliphatic rings. The Morgan fingerprint density at radius 3 is 2.05 bits per heavy atom. The van der Waals surface area contributed by atoms with E-state index < -0.39 is 28.5 Å². The minimum atomic E-state index is -4.15. The molecule has 0 bridgehead atoms. The van der Waals surface area contributed by atoms with Crippen molar-refractivity contribution >= 4 is 59.4 Å². The molecular formula is C30H35Br2N3O5S. The van der Waals surface area contributed by atoms with Gasteiger partial charge in [0.25, 0.3) is 10.0 Å². The molecule has 1 N–H and O–H groups in total. The van der Waals surface area contributed by atoms with Crippen molar-refractivity contribution in [2.75, 3.05) is 24.0 Å². The van der Waals surface area contributed by atoms with Gasteiger partial charge >= 0.3 is 0 Å². The molecule has 1 atom stereocenters. The Morgan fingerprint density at radius 2 is 1.49 bits per heavy atom. The Balaban J connectivity index is 2.00. The molecule has 0 heterocycles. The second-order valence-electron chi connectivity index (χ2n) is 9.36. The van der Waals surface area contributed by atoms with E-state index in [-0.39, 0.29) is 17.3 Å². The van der Waals surface area contributed by atoms with Gasteiger partial charge in [0.05, 0.1) is 17.2 Å². The number of hydrogen-bond donors (Lipinski definition) is 1. The number of sulfonamides is 1. The first-order chi connectivity index (χ1) is 19.6. The lowest BCUT2D eigenvalue weighted by Crippen LogP contribution is -2.51. The molecule has 8 nitrogen and oxygen atoms in total. The molecule has 0 spiro atoms. The average molecular weight is 710 g/mol. The van der Waals surface area contributed by atoms with Crippen LogP contribution < -0.4 is 14.4 Å². The summed E-state index contributed by atoms with van der Waals surface area (Å²) in [5.74, 6) is -0.231. The molecule has 3 aromatic rings. The van der Waals surface area contributed by atoms with Crippen LogP contribution in [0.4, 0.5) is 5.69 Å². The number of anilines is 1. The summed E-state index contributed by atoms with van der Waals surface area (Å²) in [7, 11) is -4.15. The number of carbonyl (C=O) groups excluding carboxylic acids is 2. The minimum Gasteiger partial charge on any atom is -0.494 e. The molecule has 220 valence electrons. The van der Waals surface area contributed by atoms with Gasteiger partial charge in [0.15, 0.2) is 0 Å². The number of nitrogens with zero attached hydrogens (tertiary/aromatic N) is 2. The van der Waals surface area contributed by atoms with Crippen LogP contribution in [-0.4, -0.2) is 50.9 Å². The zero-order valence-corrected chi connectivity index (χ0v) is 27.3. The van der Waals surface area contributed by atoms with E-state index in [1.807, 2.05) is 38.1 Å². The van der Waals surface area contributed by atoms with E-state index in [4.69, 9.17) is 4.74 Å². The van der Waals surface area contributed by atoms with Gasteiger partial charge in [0.1, 0.15) is 18.3 Å². The molecule has 0 aromatic heterocycles. The van der Waals surface area contributed by atoms with E-state index in [1.165, 1.54) is 17.0 Å². The summed E-state index contributed by atoms with van der Waals surface area (Å²) < 4.78 is 36.0. The number of nitrogens with one attached hydrogen (secondary N) is 1. The molecule has 0 unspecified atom stereocenters. The Labute approximate surface area is 259 Å². The van der Waals surface area contributed by atoms with E-state index in [0.29, 0.717) is 24.6 Å². The summed E-state index contributed by atoms with van der Waals surface area (Å²) in [6.07, 6.45) is 1.73. The highest BCUT2D eigenvalue weighted by molar-refractivity contribution is 9.10. The number of hydrogen-bond acceptors (Lipinski definition) is 5. The molecule has 41 heavy (non-hydrogen) atoms. The van der Waals surface area contributed by atoms with Gasteiger partial charge in [-0.15, -0.1) is 0 Å². The third-order valence-corrected chi connectivity index (χ3v) is 9.22. The number of unbranched alkanes of at least 4 members (excludes halogenated alkanes) is 1. The van der Waals surface area contributed by atoms with Crippen molar-refractivity contribution in [2.45, 2.75) is 51.1 Å². The number of carbonyl (C=O) groups is 2. The van der Waals surface area contributed by atoms with Gasteiger partial charge in [-0.05, 0) is 86.5 Å². The molecule has 0 aliphatic carbocycles. The highest BCUT2D eigenvalue weighted by atomic mass is 79.9. The monoisotopic (exact) mass is 707 g/mol. The van der Waals surface area contributed by atoms with Crippen molar-refractivity contribution in [3.05, 3.63) is 87.3 Å². The largest absolute Gasteiger partial charge is 0.494 e. The van der Waals surface area contributed by atoms with Gasteiger partial charge in [-0.1, -0.05) is 57.3 Å². The molecule has 2 amide bonds. The lowest BCUT2D eigenvalue weighted by Gasteiger charge is -2.32. The lowest BCUT2D eigenvalue weighted by molar-refractivity contribution is -0.139. The summed E-state index contributed by atoms with van der Waals surface area (Å²) in [6, 6.07) is 19.4. The summed E-state index contributed by atoms with van der Waals surface area (Å²) >= 11 is 6.76. The van der Waals surface area contributed by atoms with Gasteiger partial charge in [-0.3, -0.25) is 13.9 Å². The van der Waals surface area contributed by atoms with Crippen molar-refractivity contribution in [2.24, 2.45) is 0 Å². The molecule has 0 fully saturated rings. The molecule has 0 radical (unpaired) electrons. The quantitative estimate of drug-likeness (QED) is 0.203. The first-order valence-electron chi connectivity index (χ1n) is 13.4. The number of benzene rings is 3. The van der Waals surface area contributed by atoms with Crippen LogP contribution in [0.3, 0.4) is 0 Å². The number of ether oxygens (including phenoxy) is 1. The van der Waals surface area contributed by atoms with Gasteiger partial charge < -0.3 is 15.0 Å². The van der Waals surface area contributed by atoms with Crippen LogP contribution in [0.1, 0.15) is 39.2 Å². The van der Waals surface area contributed by atoms with Crippen molar-refractivity contribution in [1.82, 2.24) is 10.2 Å². The smallest absolute Gasteiger partial charge is 0.264 e. The fourth-order valence-electron chi connectivity index (χ4n) is 4.04. The molecule has 0 saturated heterocycles. The highest BCUT2D eigenvalue weighted by Gasteiger charge is 2.32.